The topological polar surface area (TPSA) is 58.2 Å². The molecule has 16 heavy (non-hydrogen) atoms. The van der Waals surface area contributed by atoms with E-state index in [1.54, 1.807) is 24.3 Å². The molecule has 1 aromatic carbocycles. The summed E-state index contributed by atoms with van der Waals surface area (Å²) >= 11 is 0. The molecule has 86 valence electrons. The van der Waals surface area contributed by atoms with E-state index >= 15 is 0 Å². The van der Waals surface area contributed by atoms with Crippen molar-refractivity contribution in [2.24, 2.45) is 0 Å². The van der Waals surface area contributed by atoms with Gasteiger partial charge in [0.2, 0.25) is 0 Å². The van der Waals surface area contributed by atoms with Crippen molar-refractivity contribution in [1.29, 1.82) is 0 Å². The molecule has 4 heteroatoms. The van der Waals surface area contributed by atoms with Crippen LogP contribution in [0, 0.1) is 0 Å². The van der Waals surface area contributed by atoms with Crippen molar-refractivity contribution in [3.05, 3.63) is 29.8 Å². The molecular weight excluding hydrogens is 204 g/mol. The average molecular weight is 220 g/mol. The van der Waals surface area contributed by atoms with Gasteiger partial charge in [-0.25, -0.2) is 4.79 Å². The van der Waals surface area contributed by atoms with Crippen LogP contribution in [0.3, 0.4) is 0 Å². The second-order valence-corrected chi connectivity index (χ2v) is 3.48. The first kappa shape index (κ1) is 12.2. The smallest absolute Gasteiger partial charge is 0.319 e. The van der Waals surface area contributed by atoms with Crippen LogP contribution in [0.25, 0.3) is 0 Å². The van der Waals surface area contributed by atoms with Crippen LogP contribution in [-0.2, 0) is 0 Å². The molecule has 0 aliphatic carbocycles. The predicted molar refractivity (Wildman–Crippen MR) is 63.8 cm³/mol. The van der Waals surface area contributed by atoms with E-state index in [1.807, 2.05) is 6.92 Å². The summed E-state index contributed by atoms with van der Waals surface area (Å²) in [7, 11) is 0. The van der Waals surface area contributed by atoms with Crippen molar-refractivity contribution in [2.75, 3.05) is 11.9 Å². The Hall–Kier alpha value is -1.84. The molecule has 1 rings (SSSR count). The van der Waals surface area contributed by atoms with Gasteiger partial charge in [-0.05, 0) is 25.5 Å². The Bertz CT molecular complexity index is 388. The van der Waals surface area contributed by atoms with Crippen molar-refractivity contribution < 1.29 is 9.59 Å². The lowest BCUT2D eigenvalue weighted by atomic mass is 10.1. The number of nitrogens with one attached hydrogen (secondary N) is 2. The van der Waals surface area contributed by atoms with Crippen molar-refractivity contribution in [2.45, 2.75) is 20.3 Å². The van der Waals surface area contributed by atoms with Crippen molar-refractivity contribution in [3.8, 4) is 0 Å². The highest BCUT2D eigenvalue weighted by atomic mass is 16.2. The number of amides is 2. The lowest BCUT2D eigenvalue weighted by Crippen LogP contribution is -2.29. The van der Waals surface area contributed by atoms with Gasteiger partial charge in [0.15, 0.2) is 5.78 Å². The van der Waals surface area contributed by atoms with E-state index in [2.05, 4.69) is 10.6 Å². The third kappa shape index (κ3) is 3.38. The number of benzene rings is 1. The molecule has 2 amide bonds. The molecule has 0 aliphatic rings. The minimum absolute atomic E-state index is 0.0635. The molecule has 1 aromatic rings. The van der Waals surface area contributed by atoms with E-state index < -0.39 is 0 Å². The Labute approximate surface area is 95.0 Å². The zero-order chi connectivity index (χ0) is 12.0. The van der Waals surface area contributed by atoms with Gasteiger partial charge in [0.05, 0.1) is 5.69 Å². The molecule has 2 N–H and O–H groups in total. The fourth-order valence-corrected chi connectivity index (χ4v) is 1.30. The highest BCUT2D eigenvalue weighted by Crippen LogP contribution is 2.15. The van der Waals surface area contributed by atoms with Crippen molar-refractivity contribution in [3.63, 3.8) is 0 Å². The normalized spacial score (nSPS) is 9.62. The van der Waals surface area contributed by atoms with Crippen LogP contribution in [0.5, 0.6) is 0 Å². The predicted octanol–water partition coefficient (Wildman–Crippen LogP) is 2.42. The largest absolute Gasteiger partial charge is 0.338 e. The molecule has 0 saturated heterocycles. The van der Waals surface area contributed by atoms with Gasteiger partial charge < -0.3 is 10.6 Å². The van der Waals surface area contributed by atoms with Gasteiger partial charge in [0.1, 0.15) is 0 Å². The molecule has 0 spiro atoms. The number of hydrogen-bond acceptors (Lipinski definition) is 2. The average Bonchev–Trinajstić information content (AvgIpc) is 2.27. The lowest BCUT2D eigenvalue weighted by molar-refractivity contribution is 0.101. The number of ketones is 1. The summed E-state index contributed by atoms with van der Waals surface area (Å²) < 4.78 is 0. The van der Waals surface area contributed by atoms with Crippen LogP contribution >= 0.6 is 0 Å². The summed E-state index contributed by atoms with van der Waals surface area (Å²) in [6.07, 6.45) is 0.877. The molecule has 0 aromatic heterocycles. The quantitative estimate of drug-likeness (QED) is 0.765. The number of urea groups is 1. The molecule has 4 nitrogen and oxygen atoms in total. The van der Waals surface area contributed by atoms with E-state index in [9.17, 15) is 9.59 Å². The second-order valence-electron chi connectivity index (χ2n) is 3.48. The maximum Gasteiger partial charge on any atom is 0.319 e. The summed E-state index contributed by atoms with van der Waals surface area (Å²) in [6, 6.07) is 6.67. The maximum atomic E-state index is 11.4. The first-order valence-corrected chi connectivity index (χ1v) is 5.30. The molecule has 0 saturated carbocycles. The molecular formula is C12H16N2O2. The van der Waals surface area contributed by atoms with Crippen LogP contribution < -0.4 is 10.6 Å². The molecule has 0 radical (unpaired) electrons. The van der Waals surface area contributed by atoms with Crippen LogP contribution in [0.15, 0.2) is 24.3 Å². The van der Waals surface area contributed by atoms with Crippen molar-refractivity contribution in [1.82, 2.24) is 5.32 Å². The standard InChI is InChI=1S/C12H16N2O2/c1-3-8-13-12(16)14-11-7-5-4-6-10(11)9(2)15/h4-7H,3,8H2,1-2H3,(H2,13,14,16). The maximum absolute atomic E-state index is 11.4. The van der Waals surface area contributed by atoms with Crippen LogP contribution in [-0.4, -0.2) is 18.4 Å². The summed E-state index contributed by atoms with van der Waals surface area (Å²) in [4.78, 5) is 22.7. The van der Waals surface area contributed by atoms with Crippen molar-refractivity contribution >= 4 is 17.5 Å². The van der Waals surface area contributed by atoms with E-state index in [4.69, 9.17) is 0 Å². The third-order valence-corrected chi connectivity index (χ3v) is 2.09. The summed E-state index contributed by atoms with van der Waals surface area (Å²) in [6.45, 7) is 4.07. The number of carbonyl (C=O) groups is 2. The Morgan fingerprint density at radius 3 is 2.56 bits per heavy atom. The molecule has 0 heterocycles. The van der Waals surface area contributed by atoms with Gasteiger partial charge in [-0.2, -0.15) is 0 Å². The van der Waals surface area contributed by atoms with Crippen LogP contribution in [0.2, 0.25) is 0 Å². The summed E-state index contributed by atoms with van der Waals surface area (Å²) in [5.41, 5.74) is 1.07. The molecule has 0 aliphatic heterocycles. The number of para-hydroxylation sites is 1. The molecule has 0 fully saturated rings. The molecule has 0 bridgehead atoms. The highest BCUT2D eigenvalue weighted by Gasteiger charge is 2.08. The van der Waals surface area contributed by atoms with Gasteiger partial charge in [-0.15, -0.1) is 0 Å². The first-order chi connectivity index (χ1) is 7.65. The lowest BCUT2D eigenvalue weighted by Gasteiger charge is -2.09. The minimum atomic E-state index is -0.282. The van der Waals surface area contributed by atoms with Crippen LogP contribution in [0.4, 0.5) is 10.5 Å². The SMILES string of the molecule is CCCNC(=O)Nc1ccccc1C(C)=O. The summed E-state index contributed by atoms with van der Waals surface area (Å²) in [5.74, 6) is -0.0635. The molecule has 0 unspecified atom stereocenters. The zero-order valence-electron chi connectivity index (χ0n) is 9.54. The van der Waals surface area contributed by atoms with Gasteiger partial charge in [-0.3, -0.25) is 4.79 Å². The second kappa shape index (κ2) is 5.90. The Kier molecular flexibility index (Phi) is 4.51. The van der Waals surface area contributed by atoms with Gasteiger partial charge in [0.25, 0.3) is 0 Å². The van der Waals surface area contributed by atoms with Gasteiger partial charge >= 0.3 is 6.03 Å². The number of Topliss-reactive ketones (excluding diaryl/α,β-unsaturated/α-hetero) is 1. The molecule has 0 atom stereocenters. The van der Waals surface area contributed by atoms with E-state index in [0.717, 1.165) is 6.42 Å². The number of rotatable bonds is 4. The number of hydrogen-bond donors (Lipinski definition) is 2. The highest BCUT2D eigenvalue weighted by molar-refractivity contribution is 6.03. The number of carbonyl (C=O) groups excluding carboxylic acids is 2. The van der Waals surface area contributed by atoms with E-state index in [0.29, 0.717) is 17.8 Å². The van der Waals surface area contributed by atoms with E-state index in [-0.39, 0.29) is 11.8 Å². The van der Waals surface area contributed by atoms with E-state index in [1.165, 1.54) is 6.92 Å². The Balaban J connectivity index is 2.73. The van der Waals surface area contributed by atoms with Gasteiger partial charge in [0, 0.05) is 12.1 Å². The van der Waals surface area contributed by atoms with Crippen LogP contribution in [0.1, 0.15) is 30.6 Å². The third-order valence-electron chi connectivity index (χ3n) is 2.09. The fraction of sp³-hybridized carbons (Fsp3) is 0.333. The minimum Gasteiger partial charge on any atom is -0.338 e. The fourth-order valence-electron chi connectivity index (χ4n) is 1.30. The Morgan fingerprint density at radius 1 is 1.25 bits per heavy atom. The zero-order valence-corrected chi connectivity index (χ0v) is 9.54. The van der Waals surface area contributed by atoms with Gasteiger partial charge in [-0.1, -0.05) is 19.1 Å². The summed E-state index contributed by atoms with van der Waals surface area (Å²) in [5, 5.41) is 5.34. The number of anilines is 1. The Morgan fingerprint density at radius 2 is 1.94 bits per heavy atom. The monoisotopic (exact) mass is 220 g/mol. The first-order valence-electron chi connectivity index (χ1n) is 5.30.